The van der Waals surface area contributed by atoms with Gasteiger partial charge in [-0.25, -0.2) is 0 Å². The van der Waals surface area contributed by atoms with Gasteiger partial charge in [-0.05, 0) is 33.7 Å². The molecular weight excluding hydrogens is 304 g/mol. The normalized spacial score (nSPS) is 12.0. The van der Waals surface area contributed by atoms with E-state index < -0.39 is 21.7 Å². The molecule has 0 aliphatic rings. The molecule has 5 aromatic rings. The molecule has 112 valence electrons. The lowest BCUT2D eigenvalue weighted by Gasteiger charge is -2.12. The van der Waals surface area contributed by atoms with Crippen molar-refractivity contribution in [2.45, 2.75) is 0 Å². The lowest BCUT2D eigenvalue weighted by atomic mass is 9.89. The molecule has 0 aliphatic carbocycles. The van der Waals surface area contributed by atoms with Crippen molar-refractivity contribution in [2.24, 2.45) is 0 Å². The van der Waals surface area contributed by atoms with Crippen LogP contribution in [0.2, 0.25) is 0 Å². The van der Waals surface area contributed by atoms with Crippen molar-refractivity contribution >= 4 is 43.1 Å². The zero-order valence-electron chi connectivity index (χ0n) is 12.3. The van der Waals surface area contributed by atoms with Gasteiger partial charge in [0.05, 0.1) is 0 Å². The molecule has 4 nitrogen and oxygen atoms in total. The van der Waals surface area contributed by atoms with Crippen LogP contribution in [-0.4, -0.2) is 0 Å². The second kappa shape index (κ2) is 4.11. The molecule has 0 aliphatic heterocycles. The average Bonchev–Trinajstić information content (AvgIpc) is 2.57. The van der Waals surface area contributed by atoms with Crippen molar-refractivity contribution in [1.82, 2.24) is 0 Å². The summed E-state index contributed by atoms with van der Waals surface area (Å²) in [6.07, 6.45) is 0. The van der Waals surface area contributed by atoms with Crippen molar-refractivity contribution in [3.63, 3.8) is 0 Å². The van der Waals surface area contributed by atoms with Crippen LogP contribution in [0.25, 0.3) is 43.1 Å². The Morgan fingerprint density at radius 1 is 0.500 bits per heavy atom. The second-order valence-electron chi connectivity index (χ2n) is 5.97. The minimum atomic E-state index is -0.577. The molecule has 24 heavy (non-hydrogen) atoms. The van der Waals surface area contributed by atoms with Crippen LogP contribution in [-0.2, 0) is 0 Å². The minimum absolute atomic E-state index is 0.323. The third-order valence-electron chi connectivity index (χ3n) is 4.71. The van der Waals surface area contributed by atoms with Gasteiger partial charge in [0.25, 0.3) is 0 Å². The molecule has 5 aromatic carbocycles. The number of benzene rings is 5. The van der Waals surface area contributed by atoms with Crippen molar-refractivity contribution in [3.8, 4) is 0 Å². The van der Waals surface area contributed by atoms with Crippen LogP contribution in [0.5, 0.6) is 0 Å². The predicted octanol–water partition coefficient (Wildman–Crippen LogP) is 2.05. The van der Waals surface area contributed by atoms with E-state index in [1.807, 2.05) is 0 Å². The SMILES string of the molecule is O=c1cc2cccc3c4c(=O)c(=O)cc5cccc(c(c1=O)c23)c54. The highest BCUT2D eigenvalue weighted by atomic mass is 16.2. The number of fused-ring (bicyclic) bond motifs is 2. The highest BCUT2D eigenvalue weighted by Gasteiger charge is 2.19. The molecule has 0 aromatic heterocycles. The summed E-state index contributed by atoms with van der Waals surface area (Å²) in [6, 6.07) is 13.0. The van der Waals surface area contributed by atoms with Crippen molar-refractivity contribution in [3.05, 3.63) is 89.4 Å². The van der Waals surface area contributed by atoms with E-state index in [4.69, 9.17) is 0 Å². The molecular formula is C20H8O4. The maximum atomic E-state index is 12.5. The zero-order valence-corrected chi connectivity index (χ0v) is 12.3. The Hall–Kier alpha value is -3.40. The van der Waals surface area contributed by atoms with Crippen molar-refractivity contribution < 1.29 is 0 Å². The minimum Gasteiger partial charge on any atom is -0.286 e. The van der Waals surface area contributed by atoms with E-state index in [1.54, 1.807) is 36.4 Å². The van der Waals surface area contributed by atoms with E-state index in [0.717, 1.165) is 0 Å². The summed E-state index contributed by atoms with van der Waals surface area (Å²) in [5.41, 5.74) is -2.30. The van der Waals surface area contributed by atoms with Crippen molar-refractivity contribution in [2.75, 3.05) is 0 Å². The molecule has 0 unspecified atom stereocenters. The molecule has 0 saturated heterocycles. The van der Waals surface area contributed by atoms with E-state index in [1.165, 1.54) is 12.1 Å². The Labute approximate surface area is 133 Å². The largest absolute Gasteiger partial charge is 0.286 e. The van der Waals surface area contributed by atoms with Gasteiger partial charge < -0.3 is 0 Å². The molecule has 5 rings (SSSR count). The van der Waals surface area contributed by atoms with E-state index in [9.17, 15) is 19.2 Å². The number of hydrogen-bond donors (Lipinski definition) is 0. The van der Waals surface area contributed by atoms with Gasteiger partial charge in [-0.1, -0.05) is 36.4 Å². The van der Waals surface area contributed by atoms with Gasteiger partial charge in [0, 0.05) is 21.5 Å². The standard InChI is InChI=1S/C20H8O4/c21-13-7-9-3-1-5-11-15(9)18(20(13)24)12-6-2-4-10-8-14(22)19(23)17(11)16(10)12/h1-8H. The number of rotatable bonds is 0. The lowest BCUT2D eigenvalue weighted by molar-refractivity contribution is 1.55. The Morgan fingerprint density at radius 2 is 0.917 bits per heavy atom. The first-order valence-corrected chi connectivity index (χ1v) is 7.46. The molecule has 0 bridgehead atoms. The molecule has 4 heteroatoms. The Kier molecular flexibility index (Phi) is 2.24. The highest BCUT2D eigenvalue weighted by molar-refractivity contribution is 6.32. The zero-order chi connectivity index (χ0) is 16.6. The topological polar surface area (TPSA) is 68.3 Å². The van der Waals surface area contributed by atoms with Crippen LogP contribution in [0, 0.1) is 0 Å². The quantitative estimate of drug-likeness (QED) is 0.249. The molecule has 0 fully saturated rings. The molecule has 0 atom stereocenters. The summed E-state index contributed by atoms with van der Waals surface area (Å²) in [5.74, 6) is 0. The second-order valence-corrected chi connectivity index (χ2v) is 5.97. The van der Waals surface area contributed by atoms with Gasteiger partial charge in [0.15, 0.2) is 0 Å². The molecule has 0 radical (unpaired) electrons. The fourth-order valence-electron chi connectivity index (χ4n) is 3.76. The Bertz CT molecular complexity index is 1400. The molecule has 0 heterocycles. The summed E-state index contributed by atoms with van der Waals surface area (Å²) in [6.45, 7) is 0. The summed E-state index contributed by atoms with van der Waals surface area (Å²) in [4.78, 5) is 49.3. The Balaban J connectivity index is 2.42. The molecule has 0 spiro atoms. The van der Waals surface area contributed by atoms with Crippen LogP contribution in [0.15, 0.2) is 67.7 Å². The Morgan fingerprint density at radius 3 is 1.33 bits per heavy atom. The summed E-state index contributed by atoms with van der Waals surface area (Å²) in [7, 11) is 0. The van der Waals surface area contributed by atoms with Gasteiger partial charge in [-0.2, -0.15) is 0 Å². The van der Waals surface area contributed by atoms with Crippen molar-refractivity contribution in [1.29, 1.82) is 0 Å². The molecule has 0 amide bonds. The van der Waals surface area contributed by atoms with Crippen LogP contribution >= 0.6 is 0 Å². The van der Waals surface area contributed by atoms with Crippen LogP contribution in [0.1, 0.15) is 0 Å². The monoisotopic (exact) mass is 312 g/mol. The van der Waals surface area contributed by atoms with Gasteiger partial charge >= 0.3 is 0 Å². The van der Waals surface area contributed by atoms with Crippen LogP contribution in [0.3, 0.4) is 0 Å². The molecule has 0 saturated carbocycles. The van der Waals surface area contributed by atoms with Gasteiger partial charge in [0.1, 0.15) is 0 Å². The first kappa shape index (κ1) is 13.1. The third kappa shape index (κ3) is 1.38. The summed E-state index contributed by atoms with van der Waals surface area (Å²) < 4.78 is 0. The summed E-state index contributed by atoms with van der Waals surface area (Å²) in [5, 5.41) is 4.09. The van der Waals surface area contributed by atoms with Crippen LogP contribution in [0.4, 0.5) is 0 Å². The first-order valence-electron chi connectivity index (χ1n) is 7.46. The van der Waals surface area contributed by atoms with Gasteiger partial charge in [0.2, 0.25) is 21.7 Å². The lowest BCUT2D eigenvalue weighted by Crippen LogP contribution is -2.25. The van der Waals surface area contributed by atoms with Crippen LogP contribution < -0.4 is 21.7 Å². The van der Waals surface area contributed by atoms with E-state index in [-0.39, 0.29) is 0 Å². The van der Waals surface area contributed by atoms with E-state index in [0.29, 0.717) is 43.1 Å². The van der Waals surface area contributed by atoms with Gasteiger partial charge in [-0.15, -0.1) is 0 Å². The highest BCUT2D eigenvalue weighted by Crippen LogP contribution is 2.36. The van der Waals surface area contributed by atoms with E-state index >= 15 is 0 Å². The molecule has 0 N–H and O–H groups in total. The summed E-state index contributed by atoms with van der Waals surface area (Å²) >= 11 is 0. The van der Waals surface area contributed by atoms with Gasteiger partial charge in [-0.3, -0.25) is 19.2 Å². The fraction of sp³-hybridized carbons (Fsp3) is 0. The average molecular weight is 312 g/mol. The maximum Gasteiger partial charge on any atom is 0.234 e. The predicted molar refractivity (Wildman–Crippen MR) is 95.1 cm³/mol. The maximum absolute atomic E-state index is 12.5. The smallest absolute Gasteiger partial charge is 0.234 e. The van der Waals surface area contributed by atoms with E-state index in [2.05, 4.69) is 0 Å². The number of hydrogen-bond acceptors (Lipinski definition) is 4. The fourth-order valence-corrected chi connectivity index (χ4v) is 3.76. The third-order valence-corrected chi connectivity index (χ3v) is 4.71. The first-order chi connectivity index (χ1) is 11.6.